The number of ether oxygens (including phenoxy) is 3. The summed E-state index contributed by atoms with van der Waals surface area (Å²) < 4.78 is 17.3. The van der Waals surface area contributed by atoms with Crippen LogP contribution in [0.1, 0.15) is 18.8 Å². The van der Waals surface area contributed by atoms with Gasteiger partial charge in [0.2, 0.25) is 0 Å². The Kier molecular flexibility index (Phi) is 4.83. The average Bonchev–Trinajstić information content (AvgIpc) is 2.53. The van der Waals surface area contributed by atoms with Crippen LogP contribution in [0, 0.1) is 0 Å². The third kappa shape index (κ3) is 3.11. The smallest absolute Gasteiger partial charge is 0.184 e. The molecule has 0 amide bonds. The number of thioether (sulfide) groups is 1. The molecule has 2 aliphatic rings. The standard InChI is InChI=1S/C15H20O5S/c1-2-21-15-12(17)11(16)13-10(19-15)8-18-14(20-13)9-6-4-3-5-7-9/h3-7,10-17H,2,8H2,1H3/t10?,11-,12?,13?,14?,15+/m1/s1. The highest BCUT2D eigenvalue weighted by molar-refractivity contribution is 7.99. The third-order valence-corrected chi connectivity index (χ3v) is 4.79. The van der Waals surface area contributed by atoms with Crippen LogP contribution in [0.3, 0.4) is 0 Å². The van der Waals surface area contributed by atoms with Crippen molar-refractivity contribution < 1.29 is 24.4 Å². The third-order valence-electron chi connectivity index (χ3n) is 3.74. The summed E-state index contributed by atoms with van der Waals surface area (Å²) in [5.74, 6) is 0.806. The van der Waals surface area contributed by atoms with Gasteiger partial charge in [0.05, 0.1) is 6.61 Å². The molecule has 3 rings (SSSR count). The van der Waals surface area contributed by atoms with E-state index in [4.69, 9.17) is 14.2 Å². The Balaban J connectivity index is 1.71. The van der Waals surface area contributed by atoms with E-state index in [1.165, 1.54) is 11.8 Å². The topological polar surface area (TPSA) is 68.2 Å². The van der Waals surface area contributed by atoms with E-state index in [0.29, 0.717) is 6.61 Å². The fourth-order valence-electron chi connectivity index (χ4n) is 2.66. The molecule has 2 aliphatic heterocycles. The highest BCUT2D eigenvalue weighted by atomic mass is 32.2. The molecule has 0 aliphatic carbocycles. The van der Waals surface area contributed by atoms with Crippen LogP contribution < -0.4 is 0 Å². The molecule has 5 nitrogen and oxygen atoms in total. The van der Waals surface area contributed by atoms with Gasteiger partial charge in [0.1, 0.15) is 29.9 Å². The molecule has 0 bridgehead atoms. The summed E-state index contributed by atoms with van der Waals surface area (Å²) in [6.07, 6.45) is -3.39. The van der Waals surface area contributed by atoms with Crippen LogP contribution in [0.15, 0.2) is 30.3 Å². The van der Waals surface area contributed by atoms with Gasteiger partial charge in [0.15, 0.2) is 6.29 Å². The summed E-state index contributed by atoms with van der Waals surface area (Å²) in [6, 6.07) is 9.56. The monoisotopic (exact) mass is 312 g/mol. The lowest BCUT2D eigenvalue weighted by molar-refractivity contribution is -0.318. The van der Waals surface area contributed by atoms with E-state index in [9.17, 15) is 10.2 Å². The number of hydrogen-bond donors (Lipinski definition) is 2. The van der Waals surface area contributed by atoms with E-state index in [-0.39, 0.29) is 6.10 Å². The molecule has 0 spiro atoms. The number of aliphatic hydroxyl groups is 2. The number of benzene rings is 1. The molecule has 6 heteroatoms. The van der Waals surface area contributed by atoms with E-state index in [1.807, 2.05) is 37.3 Å². The van der Waals surface area contributed by atoms with Gasteiger partial charge < -0.3 is 24.4 Å². The molecule has 0 aromatic heterocycles. The van der Waals surface area contributed by atoms with Crippen molar-refractivity contribution in [3.05, 3.63) is 35.9 Å². The zero-order chi connectivity index (χ0) is 14.8. The first-order valence-electron chi connectivity index (χ1n) is 7.16. The van der Waals surface area contributed by atoms with E-state index < -0.39 is 30.0 Å². The molecule has 2 saturated heterocycles. The molecule has 0 saturated carbocycles. The zero-order valence-corrected chi connectivity index (χ0v) is 12.6. The number of aliphatic hydroxyl groups excluding tert-OH is 2. The molecule has 2 heterocycles. The lowest BCUT2D eigenvalue weighted by Gasteiger charge is -2.46. The summed E-state index contributed by atoms with van der Waals surface area (Å²) in [5, 5.41) is 20.5. The minimum Gasteiger partial charge on any atom is -0.387 e. The molecular weight excluding hydrogens is 292 g/mol. The Bertz CT molecular complexity index is 455. The normalized spacial score (nSPS) is 39.8. The lowest BCUT2D eigenvalue weighted by atomic mass is 9.99. The van der Waals surface area contributed by atoms with Crippen LogP contribution >= 0.6 is 11.8 Å². The Morgan fingerprint density at radius 1 is 1.14 bits per heavy atom. The summed E-state index contributed by atoms with van der Waals surface area (Å²) in [5.41, 5.74) is 0.453. The minimum absolute atomic E-state index is 0.342. The first-order chi connectivity index (χ1) is 10.2. The van der Waals surface area contributed by atoms with Gasteiger partial charge in [-0.15, -0.1) is 11.8 Å². The van der Waals surface area contributed by atoms with Crippen LogP contribution in [0.5, 0.6) is 0 Å². The number of hydrogen-bond acceptors (Lipinski definition) is 6. The highest BCUT2D eigenvalue weighted by Crippen LogP contribution is 2.36. The Hall–Kier alpha value is -0.630. The van der Waals surface area contributed by atoms with Gasteiger partial charge in [-0.25, -0.2) is 0 Å². The predicted molar refractivity (Wildman–Crippen MR) is 78.8 cm³/mol. The molecule has 2 fully saturated rings. The number of rotatable bonds is 3. The lowest BCUT2D eigenvalue weighted by Crippen LogP contribution is -2.60. The van der Waals surface area contributed by atoms with Crippen molar-refractivity contribution in [2.45, 2.75) is 43.1 Å². The summed E-state index contributed by atoms with van der Waals surface area (Å²) >= 11 is 1.47. The fraction of sp³-hybridized carbons (Fsp3) is 0.600. The second-order valence-electron chi connectivity index (χ2n) is 5.16. The summed E-state index contributed by atoms with van der Waals surface area (Å²) in [7, 11) is 0. The molecule has 6 atom stereocenters. The maximum absolute atomic E-state index is 10.3. The van der Waals surface area contributed by atoms with Crippen LogP contribution in [0.4, 0.5) is 0 Å². The molecule has 21 heavy (non-hydrogen) atoms. The van der Waals surface area contributed by atoms with Crippen molar-refractivity contribution in [3.63, 3.8) is 0 Å². The molecule has 116 valence electrons. The molecule has 2 N–H and O–H groups in total. The van der Waals surface area contributed by atoms with Gasteiger partial charge in [0.25, 0.3) is 0 Å². The van der Waals surface area contributed by atoms with Crippen LogP contribution in [-0.4, -0.2) is 52.4 Å². The Morgan fingerprint density at radius 3 is 2.62 bits per heavy atom. The second-order valence-corrected chi connectivity index (χ2v) is 6.53. The average molecular weight is 312 g/mol. The van der Waals surface area contributed by atoms with Crippen LogP contribution in [0.2, 0.25) is 0 Å². The van der Waals surface area contributed by atoms with Crippen LogP contribution in [0.25, 0.3) is 0 Å². The predicted octanol–water partition coefficient (Wildman–Crippen LogP) is 1.30. The van der Waals surface area contributed by atoms with Crippen molar-refractivity contribution in [1.82, 2.24) is 0 Å². The quantitative estimate of drug-likeness (QED) is 0.877. The first kappa shape index (κ1) is 15.3. The largest absolute Gasteiger partial charge is 0.387 e. The van der Waals surface area contributed by atoms with Crippen LogP contribution in [-0.2, 0) is 14.2 Å². The fourth-order valence-corrected chi connectivity index (χ4v) is 3.57. The number of fused-ring (bicyclic) bond motifs is 1. The van der Waals surface area contributed by atoms with Gasteiger partial charge in [0, 0.05) is 5.56 Å². The molecule has 1 aromatic carbocycles. The molecule has 4 unspecified atom stereocenters. The highest BCUT2D eigenvalue weighted by Gasteiger charge is 2.48. The van der Waals surface area contributed by atoms with E-state index in [0.717, 1.165) is 11.3 Å². The Labute approximate surface area is 128 Å². The second kappa shape index (κ2) is 6.64. The van der Waals surface area contributed by atoms with Crippen molar-refractivity contribution in [2.24, 2.45) is 0 Å². The maximum atomic E-state index is 10.3. The van der Waals surface area contributed by atoms with Gasteiger partial charge in [-0.05, 0) is 5.75 Å². The van der Waals surface area contributed by atoms with Crippen molar-refractivity contribution in [2.75, 3.05) is 12.4 Å². The van der Waals surface area contributed by atoms with E-state index in [2.05, 4.69) is 0 Å². The van der Waals surface area contributed by atoms with Gasteiger partial charge in [-0.1, -0.05) is 37.3 Å². The van der Waals surface area contributed by atoms with Gasteiger partial charge >= 0.3 is 0 Å². The van der Waals surface area contributed by atoms with E-state index in [1.54, 1.807) is 0 Å². The zero-order valence-electron chi connectivity index (χ0n) is 11.8. The Morgan fingerprint density at radius 2 is 1.90 bits per heavy atom. The first-order valence-corrected chi connectivity index (χ1v) is 8.20. The summed E-state index contributed by atoms with van der Waals surface area (Å²) in [6.45, 7) is 2.33. The van der Waals surface area contributed by atoms with Crippen molar-refractivity contribution >= 4 is 11.8 Å². The van der Waals surface area contributed by atoms with Gasteiger partial charge in [-0.3, -0.25) is 0 Å². The van der Waals surface area contributed by atoms with Gasteiger partial charge in [-0.2, -0.15) is 0 Å². The van der Waals surface area contributed by atoms with Crippen molar-refractivity contribution in [3.8, 4) is 0 Å². The van der Waals surface area contributed by atoms with Crippen molar-refractivity contribution in [1.29, 1.82) is 0 Å². The SMILES string of the molecule is CCS[C@@H]1OC2COC(c3ccccc3)OC2[C@H](O)C1O. The van der Waals surface area contributed by atoms with E-state index >= 15 is 0 Å². The molecule has 0 radical (unpaired) electrons. The molecular formula is C15H20O5S. The molecule has 1 aromatic rings. The minimum atomic E-state index is -0.970. The maximum Gasteiger partial charge on any atom is 0.184 e. The summed E-state index contributed by atoms with van der Waals surface area (Å²) in [4.78, 5) is 0.